The smallest absolute Gasteiger partial charge is 0.433 e. The third-order valence-electron chi connectivity index (χ3n) is 2.72. The maximum absolute atomic E-state index is 12.5. The van der Waals surface area contributed by atoms with Crippen LogP contribution < -0.4 is 0 Å². The Balaban J connectivity index is 2.15. The second kappa shape index (κ2) is 6.32. The highest BCUT2D eigenvalue weighted by Crippen LogP contribution is 2.27. The molecule has 2 aromatic heterocycles. The van der Waals surface area contributed by atoms with Crippen molar-refractivity contribution in [3.05, 3.63) is 42.0 Å². The SMILES string of the molecule is CC(C)(C)[S@@+]([O-])N=Cc1ccn(-c2ccc(C(F)(F)F)nc2)n1. The fourth-order valence-corrected chi connectivity index (χ4v) is 2.02. The number of nitrogens with zero attached hydrogens (tertiary/aromatic N) is 4. The second-order valence-electron chi connectivity index (χ2n) is 5.68. The molecule has 0 amide bonds. The predicted molar refractivity (Wildman–Crippen MR) is 81.9 cm³/mol. The quantitative estimate of drug-likeness (QED) is 0.634. The lowest BCUT2D eigenvalue weighted by Crippen LogP contribution is -2.25. The lowest BCUT2D eigenvalue weighted by Gasteiger charge is -2.17. The molecule has 0 aliphatic carbocycles. The predicted octanol–water partition coefficient (Wildman–Crippen LogP) is 3.17. The molecule has 2 rings (SSSR count). The average molecular weight is 344 g/mol. The van der Waals surface area contributed by atoms with Gasteiger partial charge in [0, 0.05) is 6.20 Å². The molecule has 0 unspecified atom stereocenters. The monoisotopic (exact) mass is 344 g/mol. The fraction of sp³-hybridized carbons (Fsp3) is 0.357. The molecule has 5 nitrogen and oxygen atoms in total. The van der Waals surface area contributed by atoms with E-state index in [0.29, 0.717) is 11.4 Å². The summed E-state index contributed by atoms with van der Waals surface area (Å²) in [5, 5.41) is 4.14. The number of alkyl halides is 3. The van der Waals surface area contributed by atoms with Crippen molar-refractivity contribution in [1.29, 1.82) is 0 Å². The molecule has 0 bridgehead atoms. The molecule has 9 heteroatoms. The van der Waals surface area contributed by atoms with Crippen molar-refractivity contribution in [2.75, 3.05) is 0 Å². The first kappa shape index (κ1) is 17.5. The van der Waals surface area contributed by atoms with E-state index < -0.39 is 28.0 Å². The zero-order chi connectivity index (χ0) is 17.3. The summed E-state index contributed by atoms with van der Waals surface area (Å²) in [5.74, 6) is 0. The van der Waals surface area contributed by atoms with Gasteiger partial charge in [-0.1, -0.05) is 4.40 Å². The number of aromatic nitrogens is 3. The second-order valence-corrected chi connectivity index (χ2v) is 7.61. The molecule has 0 saturated heterocycles. The van der Waals surface area contributed by atoms with E-state index >= 15 is 0 Å². The molecule has 0 saturated carbocycles. The molecule has 0 N–H and O–H groups in total. The maximum Gasteiger partial charge on any atom is 0.433 e. The molecule has 124 valence electrons. The molecular weight excluding hydrogens is 329 g/mol. The van der Waals surface area contributed by atoms with Crippen LogP contribution in [0.5, 0.6) is 0 Å². The Kier molecular flexibility index (Phi) is 4.81. The van der Waals surface area contributed by atoms with Gasteiger partial charge >= 0.3 is 6.18 Å². The van der Waals surface area contributed by atoms with E-state index in [1.807, 2.05) is 0 Å². The van der Waals surface area contributed by atoms with Crippen molar-refractivity contribution in [2.24, 2.45) is 4.40 Å². The van der Waals surface area contributed by atoms with Gasteiger partial charge < -0.3 is 4.55 Å². The van der Waals surface area contributed by atoms with Crippen LogP contribution in [0.25, 0.3) is 5.69 Å². The molecule has 1 atom stereocenters. The van der Waals surface area contributed by atoms with Crippen LogP contribution in [-0.4, -0.2) is 30.3 Å². The molecular formula is C14H15F3N4OS. The van der Waals surface area contributed by atoms with Crippen molar-refractivity contribution in [2.45, 2.75) is 31.7 Å². The lowest BCUT2D eigenvalue weighted by molar-refractivity contribution is -0.141. The standard InChI is InChI=1S/C14H15F3N4OS/c1-13(2,3)23(22)19-8-10-6-7-21(20-10)11-4-5-12(18-9-11)14(15,16)17/h4-9H,1-3H3/t23-/m1/s1. The number of pyridine rings is 1. The van der Waals surface area contributed by atoms with Crippen LogP contribution in [0.2, 0.25) is 0 Å². The van der Waals surface area contributed by atoms with Gasteiger partial charge in [0.25, 0.3) is 0 Å². The van der Waals surface area contributed by atoms with Gasteiger partial charge in [-0.2, -0.15) is 18.3 Å². The minimum absolute atomic E-state index is 0.384. The van der Waals surface area contributed by atoms with Crippen molar-refractivity contribution < 1.29 is 17.7 Å². The first-order chi connectivity index (χ1) is 10.6. The topological polar surface area (TPSA) is 66.1 Å². The van der Waals surface area contributed by atoms with Gasteiger partial charge in [0.15, 0.2) is 0 Å². The Bertz CT molecular complexity index is 689. The lowest BCUT2D eigenvalue weighted by atomic mass is 10.3. The summed E-state index contributed by atoms with van der Waals surface area (Å²) >= 11 is -1.40. The highest BCUT2D eigenvalue weighted by atomic mass is 32.2. The summed E-state index contributed by atoms with van der Waals surface area (Å²) in [7, 11) is 0. The van der Waals surface area contributed by atoms with Crippen molar-refractivity contribution in [3.63, 3.8) is 0 Å². The molecule has 0 aliphatic rings. The zero-order valence-electron chi connectivity index (χ0n) is 12.7. The van der Waals surface area contributed by atoms with Crippen LogP contribution in [0.3, 0.4) is 0 Å². The fourth-order valence-electron chi connectivity index (χ4n) is 1.50. The number of hydrogen-bond acceptors (Lipinski definition) is 4. The van der Waals surface area contributed by atoms with E-state index in [9.17, 15) is 17.7 Å². The third kappa shape index (κ3) is 4.55. The van der Waals surface area contributed by atoms with E-state index in [2.05, 4.69) is 14.5 Å². The maximum atomic E-state index is 12.5. The van der Waals surface area contributed by atoms with Gasteiger partial charge in [-0.25, -0.2) is 9.67 Å². The Labute approximate surface area is 134 Å². The Morgan fingerprint density at radius 2 is 1.91 bits per heavy atom. The minimum atomic E-state index is -4.47. The highest BCUT2D eigenvalue weighted by Gasteiger charge is 2.32. The van der Waals surface area contributed by atoms with Gasteiger partial charge in [-0.05, 0) is 39.0 Å². The van der Waals surface area contributed by atoms with Gasteiger partial charge in [0.05, 0.1) is 11.9 Å². The normalized spacial score (nSPS) is 14.4. The summed E-state index contributed by atoms with van der Waals surface area (Å²) in [4.78, 5) is 3.37. The summed E-state index contributed by atoms with van der Waals surface area (Å²) < 4.78 is 54.0. The zero-order valence-corrected chi connectivity index (χ0v) is 13.5. The molecule has 2 aromatic rings. The molecule has 0 aliphatic heterocycles. The van der Waals surface area contributed by atoms with Gasteiger partial charge in [-0.15, -0.1) is 0 Å². The summed E-state index contributed by atoms with van der Waals surface area (Å²) in [6.07, 6.45) is -0.456. The minimum Gasteiger partial charge on any atom is -0.591 e. The highest BCUT2D eigenvalue weighted by molar-refractivity contribution is 7.91. The van der Waals surface area contributed by atoms with Gasteiger partial charge in [0.2, 0.25) is 0 Å². The van der Waals surface area contributed by atoms with Crippen LogP contribution >= 0.6 is 0 Å². The number of hydrogen-bond donors (Lipinski definition) is 0. The van der Waals surface area contributed by atoms with E-state index in [1.165, 1.54) is 17.0 Å². The largest absolute Gasteiger partial charge is 0.591 e. The Hall–Kier alpha value is -1.87. The third-order valence-corrected chi connectivity index (χ3v) is 4.06. The van der Waals surface area contributed by atoms with E-state index in [0.717, 1.165) is 12.3 Å². The molecule has 0 radical (unpaired) electrons. The van der Waals surface area contributed by atoms with Gasteiger partial charge in [0.1, 0.15) is 33.7 Å². The van der Waals surface area contributed by atoms with Crippen molar-refractivity contribution in [1.82, 2.24) is 14.8 Å². The Morgan fingerprint density at radius 3 is 2.43 bits per heavy atom. The van der Waals surface area contributed by atoms with Crippen LogP contribution in [-0.2, 0) is 17.5 Å². The van der Waals surface area contributed by atoms with E-state index in [1.54, 1.807) is 33.0 Å². The molecule has 0 aromatic carbocycles. The number of rotatable bonds is 3. The molecule has 0 fully saturated rings. The first-order valence-electron chi connectivity index (χ1n) is 6.63. The van der Waals surface area contributed by atoms with E-state index in [-0.39, 0.29) is 0 Å². The van der Waals surface area contributed by atoms with Crippen molar-refractivity contribution >= 4 is 17.6 Å². The Morgan fingerprint density at radius 1 is 1.22 bits per heavy atom. The molecule has 0 spiro atoms. The van der Waals surface area contributed by atoms with Gasteiger partial charge in [-0.3, -0.25) is 0 Å². The van der Waals surface area contributed by atoms with Crippen LogP contribution in [0.15, 0.2) is 35.0 Å². The molecule has 2 heterocycles. The van der Waals surface area contributed by atoms with Crippen LogP contribution in [0.1, 0.15) is 32.2 Å². The summed E-state index contributed by atoms with van der Waals surface area (Å²) in [5.41, 5.74) is -0.132. The molecule has 23 heavy (non-hydrogen) atoms. The first-order valence-corrected chi connectivity index (χ1v) is 7.73. The summed E-state index contributed by atoms with van der Waals surface area (Å²) in [6.45, 7) is 5.40. The van der Waals surface area contributed by atoms with E-state index in [4.69, 9.17) is 0 Å². The van der Waals surface area contributed by atoms with Crippen LogP contribution in [0, 0.1) is 0 Å². The van der Waals surface area contributed by atoms with Crippen molar-refractivity contribution in [3.8, 4) is 5.69 Å². The van der Waals surface area contributed by atoms with Crippen LogP contribution in [0.4, 0.5) is 13.2 Å². The average Bonchev–Trinajstić information content (AvgIpc) is 2.91. The number of halogens is 3. The summed E-state index contributed by atoms with van der Waals surface area (Å²) in [6, 6.07) is 3.78.